The van der Waals surface area contributed by atoms with Crippen molar-refractivity contribution in [3.8, 4) is 0 Å². The monoisotopic (exact) mass is 245 g/mol. The van der Waals surface area contributed by atoms with E-state index in [9.17, 15) is 0 Å². The summed E-state index contributed by atoms with van der Waals surface area (Å²) in [5, 5.41) is 4.66. The number of anilines is 1. The van der Waals surface area contributed by atoms with E-state index in [0.29, 0.717) is 10.0 Å². The minimum atomic E-state index is 0.693. The van der Waals surface area contributed by atoms with Crippen LogP contribution in [0.1, 0.15) is 32.6 Å². The Labute approximate surface area is 102 Å². The maximum absolute atomic E-state index is 6.02. The molecule has 0 aliphatic heterocycles. The largest absolute Gasteiger partial charge is 0.383 e. The summed E-state index contributed by atoms with van der Waals surface area (Å²) in [4.78, 5) is 0. The van der Waals surface area contributed by atoms with Gasteiger partial charge in [-0.15, -0.1) is 0 Å². The second-order valence-corrected chi connectivity index (χ2v) is 4.40. The minimum Gasteiger partial charge on any atom is -0.383 e. The smallest absolute Gasteiger partial charge is 0.0718 e. The Kier molecular flexibility index (Phi) is 5.89. The second-order valence-electron chi connectivity index (χ2n) is 3.58. The third-order valence-corrected chi connectivity index (χ3v) is 2.92. The van der Waals surface area contributed by atoms with Gasteiger partial charge < -0.3 is 5.32 Å². The van der Waals surface area contributed by atoms with Crippen LogP contribution in [0, 0.1) is 0 Å². The maximum atomic E-state index is 6.02. The molecular formula is C12H17Cl2N. The van der Waals surface area contributed by atoms with Crippen molar-refractivity contribution in [1.82, 2.24) is 0 Å². The van der Waals surface area contributed by atoms with Gasteiger partial charge in [-0.2, -0.15) is 0 Å². The molecule has 0 bridgehead atoms. The Bertz CT molecular complexity index is 279. The van der Waals surface area contributed by atoms with Crippen LogP contribution in [0.3, 0.4) is 0 Å². The maximum Gasteiger partial charge on any atom is 0.0718 e. The highest BCUT2D eigenvalue weighted by Gasteiger charge is 2.03. The van der Waals surface area contributed by atoms with Crippen LogP contribution in [-0.4, -0.2) is 6.54 Å². The summed E-state index contributed by atoms with van der Waals surface area (Å²) in [5.41, 5.74) is 0.859. The van der Waals surface area contributed by atoms with Crippen molar-refractivity contribution in [3.63, 3.8) is 0 Å². The highest BCUT2D eigenvalue weighted by atomic mass is 35.5. The Morgan fingerprint density at radius 2 is 1.73 bits per heavy atom. The van der Waals surface area contributed by atoms with Gasteiger partial charge in [-0.1, -0.05) is 55.5 Å². The van der Waals surface area contributed by atoms with Crippen molar-refractivity contribution >= 4 is 28.9 Å². The van der Waals surface area contributed by atoms with Crippen molar-refractivity contribution in [2.75, 3.05) is 11.9 Å². The summed E-state index contributed by atoms with van der Waals surface area (Å²) in [6, 6.07) is 5.55. The first-order valence-electron chi connectivity index (χ1n) is 5.43. The summed E-state index contributed by atoms with van der Waals surface area (Å²) < 4.78 is 0. The fourth-order valence-electron chi connectivity index (χ4n) is 1.43. The zero-order valence-corrected chi connectivity index (χ0v) is 10.5. The molecule has 0 fully saturated rings. The SMILES string of the molecule is CCCCCCNc1c(Cl)cccc1Cl. The van der Waals surface area contributed by atoms with E-state index in [0.717, 1.165) is 18.7 Å². The highest BCUT2D eigenvalue weighted by Crippen LogP contribution is 2.29. The number of rotatable bonds is 6. The van der Waals surface area contributed by atoms with Crippen LogP contribution in [0.4, 0.5) is 5.69 Å². The highest BCUT2D eigenvalue weighted by molar-refractivity contribution is 6.39. The lowest BCUT2D eigenvalue weighted by atomic mass is 10.2. The quantitative estimate of drug-likeness (QED) is 0.697. The molecule has 3 heteroatoms. The van der Waals surface area contributed by atoms with E-state index in [1.807, 2.05) is 18.2 Å². The molecule has 0 aromatic heterocycles. The summed E-state index contributed by atoms with van der Waals surface area (Å²) in [5.74, 6) is 0. The first-order chi connectivity index (χ1) is 7.25. The first kappa shape index (κ1) is 12.7. The number of hydrogen-bond acceptors (Lipinski definition) is 1. The molecular weight excluding hydrogens is 229 g/mol. The van der Waals surface area contributed by atoms with Crippen molar-refractivity contribution in [1.29, 1.82) is 0 Å². The zero-order chi connectivity index (χ0) is 11.1. The van der Waals surface area contributed by atoms with Gasteiger partial charge in [0, 0.05) is 6.54 Å². The van der Waals surface area contributed by atoms with Crippen LogP contribution < -0.4 is 5.32 Å². The van der Waals surface area contributed by atoms with E-state index >= 15 is 0 Å². The standard InChI is InChI=1S/C12H17Cl2N/c1-2-3-4-5-9-15-12-10(13)7-6-8-11(12)14/h6-8,15H,2-5,9H2,1H3. The van der Waals surface area contributed by atoms with E-state index in [-0.39, 0.29) is 0 Å². The fraction of sp³-hybridized carbons (Fsp3) is 0.500. The summed E-state index contributed by atoms with van der Waals surface area (Å²) in [6.07, 6.45) is 4.96. The molecule has 0 spiro atoms. The molecule has 0 atom stereocenters. The molecule has 0 aliphatic rings. The molecule has 15 heavy (non-hydrogen) atoms. The van der Waals surface area contributed by atoms with Crippen LogP contribution in [0.5, 0.6) is 0 Å². The van der Waals surface area contributed by atoms with E-state index in [1.54, 1.807) is 0 Å². The Morgan fingerprint density at radius 3 is 2.33 bits per heavy atom. The van der Waals surface area contributed by atoms with Gasteiger partial charge in [-0.3, -0.25) is 0 Å². The molecule has 1 aromatic carbocycles. The third-order valence-electron chi connectivity index (χ3n) is 2.29. The Morgan fingerprint density at radius 1 is 1.07 bits per heavy atom. The molecule has 84 valence electrons. The van der Waals surface area contributed by atoms with E-state index in [4.69, 9.17) is 23.2 Å². The third kappa shape index (κ3) is 4.31. The van der Waals surface area contributed by atoms with Gasteiger partial charge in [-0.05, 0) is 18.6 Å². The Balaban J connectivity index is 2.37. The van der Waals surface area contributed by atoms with Gasteiger partial charge in [0.05, 0.1) is 15.7 Å². The van der Waals surface area contributed by atoms with Crippen LogP contribution in [0.25, 0.3) is 0 Å². The van der Waals surface area contributed by atoms with Crippen molar-refractivity contribution in [2.24, 2.45) is 0 Å². The lowest BCUT2D eigenvalue weighted by Crippen LogP contribution is -2.02. The van der Waals surface area contributed by atoms with Crippen LogP contribution >= 0.6 is 23.2 Å². The minimum absolute atomic E-state index is 0.693. The number of hydrogen-bond donors (Lipinski definition) is 1. The number of para-hydroxylation sites is 1. The fourth-order valence-corrected chi connectivity index (χ4v) is 1.96. The Hall–Kier alpha value is -0.400. The van der Waals surface area contributed by atoms with E-state index in [1.165, 1.54) is 19.3 Å². The van der Waals surface area contributed by atoms with E-state index in [2.05, 4.69) is 12.2 Å². The molecule has 1 nitrogen and oxygen atoms in total. The zero-order valence-electron chi connectivity index (χ0n) is 9.02. The molecule has 1 rings (SSSR count). The number of halogens is 2. The average Bonchev–Trinajstić information content (AvgIpc) is 2.21. The molecule has 0 heterocycles. The van der Waals surface area contributed by atoms with E-state index < -0.39 is 0 Å². The summed E-state index contributed by atoms with van der Waals surface area (Å²) >= 11 is 12.0. The first-order valence-corrected chi connectivity index (χ1v) is 6.19. The topological polar surface area (TPSA) is 12.0 Å². The molecule has 0 amide bonds. The summed E-state index contributed by atoms with van der Waals surface area (Å²) in [6.45, 7) is 3.14. The van der Waals surface area contributed by atoms with Crippen molar-refractivity contribution in [2.45, 2.75) is 32.6 Å². The molecule has 0 aliphatic carbocycles. The van der Waals surface area contributed by atoms with Gasteiger partial charge in [0.1, 0.15) is 0 Å². The predicted octanol–water partition coefficient (Wildman–Crippen LogP) is 4.99. The molecule has 0 saturated heterocycles. The van der Waals surface area contributed by atoms with Gasteiger partial charge in [0.15, 0.2) is 0 Å². The molecule has 1 N–H and O–H groups in total. The van der Waals surface area contributed by atoms with Gasteiger partial charge in [0.2, 0.25) is 0 Å². The van der Waals surface area contributed by atoms with Crippen LogP contribution in [0.2, 0.25) is 10.0 Å². The number of benzene rings is 1. The van der Waals surface area contributed by atoms with Crippen LogP contribution in [0.15, 0.2) is 18.2 Å². The van der Waals surface area contributed by atoms with Gasteiger partial charge in [0.25, 0.3) is 0 Å². The lowest BCUT2D eigenvalue weighted by molar-refractivity contribution is 0.685. The number of nitrogens with one attached hydrogen (secondary N) is 1. The van der Waals surface area contributed by atoms with Crippen molar-refractivity contribution < 1.29 is 0 Å². The lowest BCUT2D eigenvalue weighted by Gasteiger charge is -2.09. The second kappa shape index (κ2) is 6.97. The van der Waals surface area contributed by atoms with Crippen LogP contribution in [-0.2, 0) is 0 Å². The van der Waals surface area contributed by atoms with Gasteiger partial charge >= 0.3 is 0 Å². The summed E-state index contributed by atoms with van der Waals surface area (Å²) in [7, 11) is 0. The number of unbranched alkanes of at least 4 members (excludes halogenated alkanes) is 3. The molecule has 0 radical (unpaired) electrons. The van der Waals surface area contributed by atoms with Crippen molar-refractivity contribution in [3.05, 3.63) is 28.2 Å². The molecule has 0 unspecified atom stereocenters. The average molecular weight is 246 g/mol. The normalized spacial score (nSPS) is 10.3. The molecule has 1 aromatic rings. The predicted molar refractivity (Wildman–Crippen MR) is 69.1 cm³/mol. The molecule has 0 saturated carbocycles. The van der Waals surface area contributed by atoms with Gasteiger partial charge in [-0.25, -0.2) is 0 Å².